The first-order chi connectivity index (χ1) is 14.1. The molecule has 1 atom stereocenters. The summed E-state index contributed by atoms with van der Waals surface area (Å²) in [5.41, 5.74) is 2.03. The summed E-state index contributed by atoms with van der Waals surface area (Å²) in [7, 11) is 0. The maximum absolute atomic E-state index is 12.5. The number of amides is 2. The highest BCUT2D eigenvalue weighted by Gasteiger charge is 2.34. The molecule has 2 aromatic carbocycles. The number of benzene rings is 2. The van der Waals surface area contributed by atoms with Crippen LogP contribution in [0.2, 0.25) is 0 Å². The van der Waals surface area contributed by atoms with Gasteiger partial charge in [-0.3, -0.25) is 14.9 Å². The summed E-state index contributed by atoms with van der Waals surface area (Å²) in [6.07, 6.45) is 0.403. The number of thioether (sulfide) groups is 1. The van der Waals surface area contributed by atoms with Gasteiger partial charge in [-0.15, -0.1) is 22.0 Å². The Morgan fingerprint density at radius 3 is 2.83 bits per heavy atom. The molecule has 1 aliphatic rings. The average Bonchev–Trinajstić information content (AvgIpc) is 3.34. The van der Waals surface area contributed by atoms with Crippen LogP contribution in [0.15, 0.2) is 59.5 Å². The summed E-state index contributed by atoms with van der Waals surface area (Å²) in [5, 5.41) is 12.4. The van der Waals surface area contributed by atoms with Gasteiger partial charge in [0.2, 0.25) is 16.9 Å². The van der Waals surface area contributed by atoms with Crippen molar-refractivity contribution >= 4 is 45.7 Å². The predicted molar refractivity (Wildman–Crippen MR) is 117 cm³/mol. The van der Waals surface area contributed by atoms with Gasteiger partial charge < -0.3 is 4.90 Å². The first-order valence-electron chi connectivity index (χ1n) is 9.26. The van der Waals surface area contributed by atoms with E-state index in [2.05, 4.69) is 15.5 Å². The molecule has 1 aliphatic heterocycles. The molecule has 0 radical (unpaired) electrons. The van der Waals surface area contributed by atoms with Crippen LogP contribution in [-0.2, 0) is 9.59 Å². The number of anilines is 2. The second-order valence-electron chi connectivity index (χ2n) is 6.84. The molecule has 1 saturated heterocycles. The zero-order valence-electron chi connectivity index (χ0n) is 15.9. The first kappa shape index (κ1) is 19.6. The number of carbonyl (C=O) groups is 2. The lowest BCUT2D eigenvalue weighted by Gasteiger charge is -2.16. The molecule has 148 valence electrons. The third-order valence-corrected chi connectivity index (χ3v) is 6.60. The van der Waals surface area contributed by atoms with Crippen molar-refractivity contribution in [1.82, 2.24) is 10.2 Å². The Hall–Kier alpha value is -2.71. The molecule has 1 N–H and O–H groups in total. The third kappa shape index (κ3) is 4.83. The SMILES string of the molecule is Cc1cccc(N2CC(c3nnc(NC(=O)CSc4ccccc4)s3)CC2=O)c1. The van der Waals surface area contributed by atoms with Gasteiger partial charge in [-0.1, -0.05) is 41.7 Å². The fourth-order valence-corrected chi connectivity index (χ4v) is 4.76. The van der Waals surface area contributed by atoms with E-state index >= 15 is 0 Å². The van der Waals surface area contributed by atoms with Gasteiger partial charge in [-0.05, 0) is 36.8 Å². The fourth-order valence-electron chi connectivity index (χ4n) is 3.19. The standard InChI is InChI=1S/C21H20N4O2S2/c1-14-6-5-7-16(10-14)25-12-15(11-19(25)27)20-23-24-21(29-20)22-18(26)13-28-17-8-3-2-4-9-17/h2-10,15H,11-13H2,1H3,(H,22,24,26). The third-order valence-electron chi connectivity index (χ3n) is 4.59. The first-order valence-corrected chi connectivity index (χ1v) is 11.1. The van der Waals surface area contributed by atoms with Crippen LogP contribution in [0, 0.1) is 6.92 Å². The summed E-state index contributed by atoms with van der Waals surface area (Å²) < 4.78 is 0. The molecule has 29 heavy (non-hydrogen) atoms. The normalized spacial score (nSPS) is 16.2. The van der Waals surface area contributed by atoms with Gasteiger partial charge >= 0.3 is 0 Å². The lowest BCUT2D eigenvalue weighted by Crippen LogP contribution is -2.24. The number of nitrogens with zero attached hydrogens (tertiary/aromatic N) is 3. The molecule has 1 unspecified atom stereocenters. The highest BCUT2D eigenvalue weighted by molar-refractivity contribution is 8.00. The van der Waals surface area contributed by atoms with Crippen LogP contribution in [0.5, 0.6) is 0 Å². The Labute approximate surface area is 177 Å². The van der Waals surface area contributed by atoms with Gasteiger partial charge in [0.1, 0.15) is 5.01 Å². The maximum atomic E-state index is 12.5. The molecule has 4 rings (SSSR count). The molecular formula is C21H20N4O2S2. The quantitative estimate of drug-likeness (QED) is 0.603. The van der Waals surface area contributed by atoms with Crippen molar-refractivity contribution in [3.05, 3.63) is 65.2 Å². The van der Waals surface area contributed by atoms with Crippen molar-refractivity contribution in [3.63, 3.8) is 0 Å². The van der Waals surface area contributed by atoms with Crippen molar-refractivity contribution in [2.75, 3.05) is 22.5 Å². The highest BCUT2D eigenvalue weighted by atomic mass is 32.2. The van der Waals surface area contributed by atoms with E-state index in [0.717, 1.165) is 21.2 Å². The summed E-state index contributed by atoms with van der Waals surface area (Å²) in [6.45, 7) is 2.59. The second-order valence-corrected chi connectivity index (χ2v) is 8.90. The van der Waals surface area contributed by atoms with Crippen LogP contribution < -0.4 is 10.2 Å². The Kier molecular flexibility index (Phi) is 5.92. The Morgan fingerprint density at radius 2 is 2.03 bits per heavy atom. The van der Waals surface area contributed by atoms with Crippen molar-refractivity contribution in [3.8, 4) is 0 Å². The van der Waals surface area contributed by atoms with E-state index in [1.165, 1.54) is 23.1 Å². The molecule has 0 saturated carbocycles. The van der Waals surface area contributed by atoms with E-state index in [1.54, 1.807) is 4.90 Å². The molecule has 0 aliphatic carbocycles. The molecule has 0 spiro atoms. The van der Waals surface area contributed by atoms with Crippen LogP contribution in [0.4, 0.5) is 10.8 Å². The van der Waals surface area contributed by atoms with Gasteiger partial charge in [-0.2, -0.15) is 0 Å². The van der Waals surface area contributed by atoms with Crippen molar-refractivity contribution in [2.24, 2.45) is 0 Å². The summed E-state index contributed by atoms with van der Waals surface area (Å²) in [4.78, 5) is 27.5. The van der Waals surface area contributed by atoms with E-state index < -0.39 is 0 Å². The molecule has 0 bridgehead atoms. The molecular weight excluding hydrogens is 404 g/mol. The Morgan fingerprint density at radius 1 is 1.21 bits per heavy atom. The number of nitrogens with one attached hydrogen (secondary N) is 1. The number of aromatic nitrogens is 2. The second kappa shape index (κ2) is 8.75. The number of hydrogen-bond donors (Lipinski definition) is 1. The molecule has 8 heteroatoms. The van der Waals surface area contributed by atoms with Crippen molar-refractivity contribution < 1.29 is 9.59 Å². The van der Waals surface area contributed by atoms with Gasteiger partial charge in [0, 0.05) is 29.5 Å². The van der Waals surface area contributed by atoms with Crippen LogP contribution in [0.25, 0.3) is 0 Å². The monoisotopic (exact) mass is 424 g/mol. The average molecular weight is 425 g/mol. The maximum Gasteiger partial charge on any atom is 0.236 e. The van der Waals surface area contributed by atoms with E-state index in [0.29, 0.717) is 23.8 Å². The zero-order chi connectivity index (χ0) is 20.2. The lowest BCUT2D eigenvalue weighted by atomic mass is 10.1. The molecule has 6 nitrogen and oxygen atoms in total. The lowest BCUT2D eigenvalue weighted by molar-refractivity contribution is -0.117. The van der Waals surface area contributed by atoms with Crippen LogP contribution in [0.1, 0.15) is 22.9 Å². The predicted octanol–water partition coefficient (Wildman–Crippen LogP) is 4.10. The summed E-state index contributed by atoms with van der Waals surface area (Å²) in [6, 6.07) is 17.7. The van der Waals surface area contributed by atoms with Crippen LogP contribution in [-0.4, -0.2) is 34.3 Å². The number of aryl methyl sites for hydroxylation is 1. The van der Waals surface area contributed by atoms with Crippen LogP contribution >= 0.6 is 23.1 Å². The van der Waals surface area contributed by atoms with Gasteiger partial charge in [0.15, 0.2) is 0 Å². The van der Waals surface area contributed by atoms with Gasteiger partial charge in [0.25, 0.3) is 0 Å². The van der Waals surface area contributed by atoms with E-state index in [-0.39, 0.29) is 17.7 Å². The van der Waals surface area contributed by atoms with E-state index in [9.17, 15) is 9.59 Å². The van der Waals surface area contributed by atoms with Gasteiger partial charge in [-0.25, -0.2) is 0 Å². The zero-order valence-corrected chi connectivity index (χ0v) is 17.5. The topological polar surface area (TPSA) is 75.2 Å². The van der Waals surface area contributed by atoms with Crippen LogP contribution in [0.3, 0.4) is 0 Å². The Balaban J connectivity index is 1.35. The smallest absolute Gasteiger partial charge is 0.236 e. The number of hydrogen-bond acceptors (Lipinski definition) is 6. The Bertz CT molecular complexity index is 1020. The molecule has 3 aromatic rings. The van der Waals surface area contributed by atoms with E-state index in [1.807, 2.05) is 61.5 Å². The number of carbonyl (C=O) groups excluding carboxylic acids is 2. The molecule has 1 fully saturated rings. The minimum Gasteiger partial charge on any atom is -0.312 e. The fraction of sp³-hybridized carbons (Fsp3) is 0.238. The molecule has 1 aromatic heterocycles. The molecule has 2 heterocycles. The minimum atomic E-state index is -0.120. The minimum absolute atomic E-state index is 0.00939. The summed E-state index contributed by atoms with van der Waals surface area (Å²) >= 11 is 2.81. The van der Waals surface area contributed by atoms with Crippen molar-refractivity contribution in [2.45, 2.75) is 24.2 Å². The summed E-state index contributed by atoms with van der Waals surface area (Å²) in [5.74, 6) is 0.262. The molecule has 2 amide bonds. The van der Waals surface area contributed by atoms with Crippen molar-refractivity contribution in [1.29, 1.82) is 0 Å². The largest absolute Gasteiger partial charge is 0.312 e. The number of rotatable bonds is 6. The van der Waals surface area contributed by atoms with E-state index in [4.69, 9.17) is 0 Å². The highest BCUT2D eigenvalue weighted by Crippen LogP contribution is 2.34. The van der Waals surface area contributed by atoms with Gasteiger partial charge in [0.05, 0.1) is 5.75 Å².